The Morgan fingerprint density at radius 2 is 2.25 bits per heavy atom. The first-order valence-electron chi connectivity index (χ1n) is 5.15. The van der Waals surface area contributed by atoms with Gasteiger partial charge in [0.15, 0.2) is 17.6 Å². The summed E-state index contributed by atoms with van der Waals surface area (Å²) >= 11 is 0. The number of para-hydroxylation sites is 1. The van der Waals surface area contributed by atoms with Crippen LogP contribution in [0.5, 0.6) is 11.5 Å². The molecule has 4 nitrogen and oxygen atoms in total. The number of ether oxygens (including phenoxy) is 2. The molecule has 0 aliphatic heterocycles. The number of benzene rings is 1. The van der Waals surface area contributed by atoms with Crippen LogP contribution in [0, 0.1) is 11.3 Å². The van der Waals surface area contributed by atoms with Crippen LogP contribution in [0.4, 0.5) is 0 Å². The molecular weight excluding hydrogens is 204 g/mol. The quantitative estimate of drug-likeness (QED) is 0.816. The second kappa shape index (κ2) is 5.99. The number of methoxy groups -OCH3 is 1. The van der Waals surface area contributed by atoms with Gasteiger partial charge in [0.05, 0.1) is 7.11 Å². The van der Waals surface area contributed by atoms with E-state index in [2.05, 4.69) is 0 Å². The lowest BCUT2D eigenvalue weighted by molar-refractivity contribution is 0.257. The third-order valence-electron chi connectivity index (χ3n) is 2.17. The molecule has 16 heavy (non-hydrogen) atoms. The zero-order valence-corrected chi connectivity index (χ0v) is 9.56. The molecule has 0 heterocycles. The van der Waals surface area contributed by atoms with Crippen LogP contribution in [0.3, 0.4) is 0 Å². The van der Waals surface area contributed by atoms with Crippen molar-refractivity contribution in [2.75, 3.05) is 13.7 Å². The first kappa shape index (κ1) is 12.3. The molecule has 86 valence electrons. The Kier molecular flexibility index (Phi) is 4.62. The molecule has 0 bridgehead atoms. The summed E-state index contributed by atoms with van der Waals surface area (Å²) in [7, 11) is 1.57. The van der Waals surface area contributed by atoms with Gasteiger partial charge in [0.25, 0.3) is 0 Å². The molecule has 0 aliphatic rings. The Morgan fingerprint density at radius 1 is 1.50 bits per heavy atom. The van der Waals surface area contributed by atoms with Gasteiger partial charge in [-0.25, -0.2) is 0 Å². The molecule has 0 saturated carbocycles. The highest BCUT2D eigenvalue weighted by Gasteiger charge is 2.12. The molecule has 1 atom stereocenters. The van der Waals surface area contributed by atoms with E-state index in [1.807, 2.05) is 18.2 Å². The summed E-state index contributed by atoms with van der Waals surface area (Å²) in [6.07, 6.45) is 0.192. The van der Waals surface area contributed by atoms with Crippen LogP contribution in [0.25, 0.3) is 0 Å². The first-order valence-corrected chi connectivity index (χ1v) is 5.15. The van der Waals surface area contributed by atoms with Gasteiger partial charge in [-0.05, 0) is 31.5 Å². The fourth-order valence-electron chi connectivity index (χ4n) is 1.41. The van der Waals surface area contributed by atoms with Crippen LogP contribution in [0.1, 0.15) is 12.5 Å². The van der Waals surface area contributed by atoms with Crippen LogP contribution >= 0.6 is 0 Å². The standard InChI is InChI=1S/C12H16N2O2/c1-9(8-14)16-12-10(6-7-13)4-3-5-11(12)15-2/h3-5,9H,6-7,13H2,1-2H3. The van der Waals surface area contributed by atoms with Crippen molar-refractivity contribution in [3.05, 3.63) is 23.8 Å². The van der Waals surface area contributed by atoms with Gasteiger partial charge in [-0.3, -0.25) is 0 Å². The molecule has 1 rings (SSSR count). The summed E-state index contributed by atoms with van der Waals surface area (Å²) in [4.78, 5) is 0. The largest absolute Gasteiger partial charge is 0.493 e. The van der Waals surface area contributed by atoms with Gasteiger partial charge in [0.2, 0.25) is 0 Å². The number of nitriles is 1. The molecule has 0 spiro atoms. The highest BCUT2D eigenvalue weighted by atomic mass is 16.5. The van der Waals surface area contributed by atoms with E-state index in [9.17, 15) is 0 Å². The Balaban J connectivity index is 3.04. The minimum Gasteiger partial charge on any atom is -0.493 e. The van der Waals surface area contributed by atoms with E-state index in [4.69, 9.17) is 20.5 Å². The van der Waals surface area contributed by atoms with Crippen molar-refractivity contribution in [1.29, 1.82) is 5.26 Å². The molecule has 0 amide bonds. The summed E-state index contributed by atoms with van der Waals surface area (Å²) in [6, 6.07) is 7.64. The van der Waals surface area contributed by atoms with E-state index in [0.717, 1.165) is 5.56 Å². The normalized spacial score (nSPS) is 11.6. The molecule has 2 N–H and O–H groups in total. The predicted octanol–water partition coefficient (Wildman–Crippen LogP) is 1.49. The maximum absolute atomic E-state index is 8.74. The van der Waals surface area contributed by atoms with Crippen LogP contribution < -0.4 is 15.2 Å². The van der Waals surface area contributed by atoms with Crippen molar-refractivity contribution < 1.29 is 9.47 Å². The molecule has 1 unspecified atom stereocenters. The van der Waals surface area contributed by atoms with Gasteiger partial charge in [0.1, 0.15) is 6.07 Å². The fourth-order valence-corrected chi connectivity index (χ4v) is 1.41. The molecule has 4 heteroatoms. The fraction of sp³-hybridized carbons (Fsp3) is 0.417. The summed E-state index contributed by atoms with van der Waals surface area (Å²) in [6.45, 7) is 2.23. The Labute approximate surface area is 95.6 Å². The number of hydrogen-bond donors (Lipinski definition) is 1. The third-order valence-corrected chi connectivity index (χ3v) is 2.17. The van der Waals surface area contributed by atoms with E-state index in [1.165, 1.54) is 0 Å². The van der Waals surface area contributed by atoms with Crippen molar-refractivity contribution in [2.24, 2.45) is 5.73 Å². The van der Waals surface area contributed by atoms with Gasteiger partial charge in [-0.15, -0.1) is 0 Å². The average Bonchev–Trinajstić information content (AvgIpc) is 2.31. The van der Waals surface area contributed by atoms with Crippen LogP contribution in [0.2, 0.25) is 0 Å². The maximum atomic E-state index is 8.74. The van der Waals surface area contributed by atoms with Crippen LogP contribution in [-0.2, 0) is 6.42 Å². The number of nitrogens with zero attached hydrogens (tertiary/aromatic N) is 1. The average molecular weight is 220 g/mol. The monoisotopic (exact) mass is 220 g/mol. The summed E-state index contributed by atoms with van der Waals surface area (Å²) in [5.41, 5.74) is 6.48. The van der Waals surface area contributed by atoms with Crippen molar-refractivity contribution in [3.8, 4) is 17.6 Å². The van der Waals surface area contributed by atoms with E-state index in [-0.39, 0.29) is 0 Å². The lowest BCUT2D eigenvalue weighted by Gasteiger charge is -2.15. The topological polar surface area (TPSA) is 68.3 Å². The Hall–Kier alpha value is -1.73. The second-order valence-electron chi connectivity index (χ2n) is 3.38. The number of nitrogens with two attached hydrogens (primary N) is 1. The zero-order valence-electron chi connectivity index (χ0n) is 9.56. The highest BCUT2D eigenvalue weighted by Crippen LogP contribution is 2.32. The molecule has 1 aromatic carbocycles. The summed E-state index contributed by atoms with van der Waals surface area (Å²) < 4.78 is 10.7. The summed E-state index contributed by atoms with van der Waals surface area (Å²) in [5.74, 6) is 1.25. The maximum Gasteiger partial charge on any atom is 0.181 e. The van der Waals surface area contributed by atoms with Crippen molar-refractivity contribution in [3.63, 3.8) is 0 Å². The van der Waals surface area contributed by atoms with Gasteiger partial charge in [-0.2, -0.15) is 5.26 Å². The van der Waals surface area contributed by atoms with E-state index in [0.29, 0.717) is 24.5 Å². The van der Waals surface area contributed by atoms with Crippen molar-refractivity contribution in [1.82, 2.24) is 0 Å². The van der Waals surface area contributed by atoms with Crippen LogP contribution in [0.15, 0.2) is 18.2 Å². The van der Waals surface area contributed by atoms with Gasteiger partial charge in [0, 0.05) is 0 Å². The molecule has 0 aliphatic carbocycles. The molecular formula is C12H16N2O2. The first-order chi connectivity index (χ1) is 7.72. The number of rotatable bonds is 5. The summed E-state index contributed by atoms with van der Waals surface area (Å²) in [5, 5.41) is 8.74. The Bertz CT molecular complexity index is 385. The van der Waals surface area contributed by atoms with Gasteiger partial charge in [-0.1, -0.05) is 12.1 Å². The van der Waals surface area contributed by atoms with Crippen molar-refractivity contribution in [2.45, 2.75) is 19.4 Å². The van der Waals surface area contributed by atoms with E-state index in [1.54, 1.807) is 20.1 Å². The highest BCUT2D eigenvalue weighted by molar-refractivity contribution is 5.47. The van der Waals surface area contributed by atoms with Gasteiger partial charge >= 0.3 is 0 Å². The lowest BCUT2D eigenvalue weighted by Crippen LogP contribution is -2.12. The van der Waals surface area contributed by atoms with Crippen molar-refractivity contribution >= 4 is 0 Å². The molecule has 1 aromatic rings. The SMILES string of the molecule is COc1cccc(CCN)c1OC(C)C#N. The number of hydrogen-bond acceptors (Lipinski definition) is 4. The molecule has 0 saturated heterocycles. The van der Waals surface area contributed by atoms with E-state index >= 15 is 0 Å². The predicted molar refractivity (Wildman–Crippen MR) is 61.5 cm³/mol. The van der Waals surface area contributed by atoms with Crippen LogP contribution in [-0.4, -0.2) is 19.8 Å². The molecule has 0 fully saturated rings. The zero-order chi connectivity index (χ0) is 12.0. The third kappa shape index (κ3) is 2.88. The lowest BCUT2D eigenvalue weighted by atomic mass is 10.1. The van der Waals surface area contributed by atoms with Gasteiger partial charge < -0.3 is 15.2 Å². The van der Waals surface area contributed by atoms with E-state index < -0.39 is 6.10 Å². The molecule has 0 aromatic heterocycles. The second-order valence-corrected chi connectivity index (χ2v) is 3.38. The minimum atomic E-state index is -0.507. The smallest absolute Gasteiger partial charge is 0.181 e. The molecule has 0 radical (unpaired) electrons. The minimum absolute atomic E-state index is 0.507. The Morgan fingerprint density at radius 3 is 2.81 bits per heavy atom.